The maximum Gasteiger partial charge on any atom is 0.335 e. The first-order chi connectivity index (χ1) is 12.1. The Labute approximate surface area is 175 Å². The standard InChI is InChI=1S/C7H21O12S6Si4/c1-20(8,9)26(21(2,10)11)29(7,27(22(3,12)13)23(4,14)15)28(24(5,16)17)25(6,18)19/h1-7H3. The Morgan fingerprint density at radius 1 is 0.379 bits per heavy atom. The van der Waals surface area contributed by atoms with Crippen LogP contribution >= 0.6 is 0 Å². The van der Waals surface area contributed by atoms with E-state index in [4.69, 9.17) is 0 Å². The van der Waals surface area contributed by atoms with Gasteiger partial charge in [-0.05, 0) is 0 Å². The monoisotopic (exact) mass is 601 g/mol. The van der Waals surface area contributed by atoms with Crippen LogP contribution in [-0.4, -0.2) is 115 Å². The molecule has 0 aromatic carbocycles. The predicted molar refractivity (Wildman–Crippen MR) is 118 cm³/mol. The Morgan fingerprint density at radius 2 is 0.483 bits per heavy atom. The summed E-state index contributed by atoms with van der Waals surface area (Å²) in [5, 5.41) is 0. The molecule has 0 heterocycles. The van der Waals surface area contributed by atoms with Gasteiger partial charge in [-0.15, -0.1) is 0 Å². The Bertz CT molecular complexity index is 1050. The maximum atomic E-state index is 12.5. The van der Waals surface area contributed by atoms with Crippen LogP contribution in [0.3, 0.4) is 0 Å². The van der Waals surface area contributed by atoms with Crippen molar-refractivity contribution in [3.63, 3.8) is 0 Å². The van der Waals surface area contributed by atoms with E-state index in [1.54, 1.807) is 0 Å². The summed E-state index contributed by atoms with van der Waals surface area (Å²) in [6.07, 6.45) is 2.51. The first-order valence-corrected chi connectivity index (χ1v) is 32.6. The van der Waals surface area contributed by atoms with Crippen molar-refractivity contribution in [3.05, 3.63) is 0 Å². The molecule has 0 N–H and O–H groups in total. The van der Waals surface area contributed by atoms with Gasteiger partial charge in [-0.25, -0.2) is 50.5 Å². The van der Waals surface area contributed by atoms with E-state index in [1.165, 1.54) is 0 Å². The average molecular weight is 602 g/mol. The third kappa shape index (κ3) is 6.77. The van der Waals surface area contributed by atoms with E-state index in [-0.39, 0.29) is 0 Å². The van der Waals surface area contributed by atoms with Gasteiger partial charge in [0.25, 0.3) is 0 Å². The van der Waals surface area contributed by atoms with E-state index in [9.17, 15) is 50.5 Å². The Kier molecular flexibility index (Phi) is 8.32. The van der Waals surface area contributed by atoms with E-state index in [0.717, 1.165) is 0 Å². The first-order valence-electron chi connectivity index (χ1n) is 6.92. The lowest BCUT2D eigenvalue weighted by Gasteiger charge is -2.36. The minimum Gasteiger partial charge on any atom is -0.236 e. The highest BCUT2D eigenvalue weighted by Gasteiger charge is 2.75. The molecule has 0 amide bonds. The lowest BCUT2D eigenvalue weighted by Crippen LogP contribution is -2.80. The molecular weight excluding hydrogens is 581 g/mol. The van der Waals surface area contributed by atoms with Gasteiger partial charge in [0.05, 0.1) is 0 Å². The molecule has 0 rings (SSSR count). The van der Waals surface area contributed by atoms with E-state index < -0.39 is 82.2 Å². The molecule has 0 bridgehead atoms. The van der Waals surface area contributed by atoms with Crippen LogP contribution in [-0.2, 0) is 55.7 Å². The van der Waals surface area contributed by atoms with Crippen molar-refractivity contribution in [3.8, 4) is 0 Å². The number of rotatable bonds is 9. The van der Waals surface area contributed by atoms with Crippen molar-refractivity contribution in [1.29, 1.82) is 0 Å². The fraction of sp³-hybridized carbons (Fsp3) is 1.00. The zero-order chi connectivity index (χ0) is 24.2. The molecule has 173 valence electrons. The van der Waals surface area contributed by atoms with Gasteiger partial charge < -0.3 is 0 Å². The normalized spacial score (nSPS) is 15.9. The minimum absolute atomic E-state index is 0.418. The molecule has 29 heavy (non-hydrogen) atoms. The van der Waals surface area contributed by atoms with Gasteiger partial charge >= 0.3 is 19.8 Å². The summed E-state index contributed by atoms with van der Waals surface area (Å²) in [5.74, 6) is 0. The summed E-state index contributed by atoms with van der Waals surface area (Å²) in [5.41, 5.74) is 0. The van der Waals surface area contributed by atoms with E-state index >= 15 is 0 Å². The van der Waals surface area contributed by atoms with Crippen LogP contribution in [0.4, 0.5) is 0 Å². The quantitative estimate of drug-likeness (QED) is 0.232. The van der Waals surface area contributed by atoms with Crippen molar-refractivity contribution < 1.29 is 50.5 Å². The second-order valence-electron chi connectivity index (χ2n) is 6.62. The molecule has 3 radical (unpaired) electrons. The molecule has 0 atom stereocenters. The Hall–Kier alpha value is 0.568. The SMILES string of the molecule is C[Si]([Si](S(C)(=O)=O)S(C)(=O)=O)([Si](S(C)(=O)=O)S(C)(=O)=O)[Si](S(C)(=O)=O)S(C)(=O)=O. The second-order valence-corrected chi connectivity index (χ2v) is 67.4. The molecule has 0 aliphatic carbocycles. The maximum absolute atomic E-state index is 12.5. The molecule has 0 unspecified atom stereocenters. The molecule has 0 aliphatic rings. The number of hydrogen-bond donors (Lipinski definition) is 0. The average Bonchev–Trinajstić information content (AvgIpc) is 2.11. The van der Waals surface area contributed by atoms with Crippen LogP contribution < -0.4 is 0 Å². The fourth-order valence-corrected chi connectivity index (χ4v) is 203. The molecule has 0 aromatic rings. The molecule has 0 saturated carbocycles. The van der Waals surface area contributed by atoms with E-state index in [2.05, 4.69) is 0 Å². The van der Waals surface area contributed by atoms with Crippen molar-refractivity contribution in [2.24, 2.45) is 0 Å². The van der Waals surface area contributed by atoms with Gasteiger partial charge in [0.2, 0.25) is 0 Å². The lowest BCUT2D eigenvalue weighted by molar-refractivity contribution is 0.607. The summed E-state index contributed by atoms with van der Waals surface area (Å²) in [6, 6.07) is 0. The summed E-state index contributed by atoms with van der Waals surface area (Å²) >= 11 is 0. The molecule has 0 spiro atoms. The Morgan fingerprint density at radius 3 is 0.552 bits per heavy atom. The highest BCUT2D eigenvalue weighted by molar-refractivity contribution is 8.73. The largest absolute Gasteiger partial charge is 0.335 e. The Balaban J connectivity index is 8.38. The molecule has 12 nitrogen and oxygen atoms in total. The molecule has 22 heteroatoms. The molecule has 0 aliphatic heterocycles. The minimum atomic E-state index is -5.17. The topological polar surface area (TPSA) is 205 Å². The van der Waals surface area contributed by atoms with Crippen LogP contribution in [0.15, 0.2) is 0 Å². The van der Waals surface area contributed by atoms with Gasteiger partial charge in [0.1, 0.15) is 62.3 Å². The molecule has 0 aromatic heterocycles. The third-order valence-electron chi connectivity index (χ3n) is 3.25. The van der Waals surface area contributed by atoms with Gasteiger partial charge in [-0.3, -0.25) is 0 Å². The van der Waals surface area contributed by atoms with Crippen molar-refractivity contribution in [2.45, 2.75) is 6.55 Å². The van der Waals surface area contributed by atoms with Crippen LogP contribution in [0.1, 0.15) is 0 Å². The van der Waals surface area contributed by atoms with E-state index in [0.29, 0.717) is 44.1 Å². The zero-order valence-electron chi connectivity index (χ0n) is 16.3. The van der Waals surface area contributed by atoms with Crippen molar-refractivity contribution >= 4 is 82.2 Å². The predicted octanol–water partition coefficient (Wildman–Crippen LogP) is -3.97. The highest BCUT2D eigenvalue weighted by Crippen LogP contribution is 2.31. The van der Waals surface area contributed by atoms with Crippen molar-refractivity contribution in [1.82, 2.24) is 0 Å². The summed E-state index contributed by atoms with van der Waals surface area (Å²) < 4.78 is 150. The number of hydrogen-bond acceptors (Lipinski definition) is 12. The highest BCUT2D eigenvalue weighted by atomic mass is 32.7. The van der Waals surface area contributed by atoms with Gasteiger partial charge in [0, 0.05) is 37.5 Å². The summed E-state index contributed by atoms with van der Waals surface area (Å²) in [6.45, 7) is -17.0. The van der Waals surface area contributed by atoms with Gasteiger partial charge in [-0.1, -0.05) is 6.55 Å². The third-order valence-corrected chi connectivity index (χ3v) is 121. The van der Waals surface area contributed by atoms with Gasteiger partial charge in [0.15, 0.2) is 0 Å². The summed E-state index contributed by atoms with van der Waals surface area (Å²) in [4.78, 5) is 0. The van der Waals surface area contributed by atoms with Crippen LogP contribution in [0, 0.1) is 0 Å². The van der Waals surface area contributed by atoms with Gasteiger partial charge in [-0.2, -0.15) is 0 Å². The first kappa shape index (κ1) is 29.6. The van der Waals surface area contributed by atoms with Crippen molar-refractivity contribution in [2.75, 3.05) is 37.5 Å². The zero-order valence-corrected chi connectivity index (χ0v) is 25.2. The van der Waals surface area contributed by atoms with Crippen LogP contribution in [0.25, 0.3) is 0 Å². The second kappa shape index (κ2) is 8.16. The van der Waals surface area contributed by atoms with Crippen LogP contribution in [0.5, 0.6) is 0 Å². The van der Waals surface area contributed by atoms with Crippen LogP contribution in [0.2, 0.25) is 6.55 Å². The summed E-state index contributed by atoms with van der Waals surface area (Å²) in [7, 11) is -28.5. The molecular formula is C7H21O12S6Si4. The lowest BCUT2D eigenvalue weighted by atomic mass is 11.9. The van der Waals surface area contributed by atoms with E-state index in [1.807, 2.05) is 0 Å². The molecule has 0 fully saturated rings. The smallest absolute Gasteiger partial charge is 0.236 e. The fourth-order valence-electron chi connectivity index (χ4n) is 3.30. The molecule has 0 saturated heterocycles.